The molecular weight excluding hydrogens is 324 g/mol. The fourth-order valence-electron chi connectivity index (χ4n) is 3.10. The van der Waals surface area contributed by atoms with Crippen molar-refractivity contribution in [3.63, 3.8) is 0 Å². The summed E-state index contributed by atoms with van der Waals surface area (Å²) in [5.74, 6) is 0.955. The zero-order valence-corrected chi connectivity index (χ0v) is 15.3. The van der Waals surface area contributed by atoms with E-state index in [1.807, 2.05) is 12.1 Å². The number of amides is 2. The number of benzene rings is 1. The number of hydrogen-bond acceptors (Lipinski definition) is 5. The maximum absolute atomic E-state index is 12.6. The van der Waals surface area contributed by atoms with Gasteiger partial charge in [-0.1, -0.05) is 12.1 Å². The smallest absolute Gasteiger partial charge is 0.245 e. The molecule has 2 rings (SSSR count). The molecule has 1 heterocycles. The summed E-state index contributed by atoms with van der Waals surface area (Å²) >= 11 is 0. The Morgan fingerprint density at radius 3 is 2.68 bits per heavy atom. The van der Waals surface area contributed by atoms with Crippen LogP contribution in [-0.4, -0.2) is 56.7 Å². The van der Waals surface area contributed by atoms with Crippen LogP contribution in [0.3, 0.4) is 0 Å². The number of carbonyl (C=O) groups is 2. The Morgan fingerprint density at radius 1 is 1.28 bits per heavy atom. The van der Waals surface area contributed by atoms with E-state index < -0.39 is 5.54 Å². The Bertz CT molecular complexity index is 634. The molecule has 7 nitrogen and oxygen atoms in total. The molecule has 0 saturated carbocycles. The summed E-state index contributed by atoms with van der Waals surface area (Å²) in [4.78, 5) is 26.7. The number of nitrogens with one attached hydrogen (secondary N) is 1. The van der Waals surface area contributed by atoms with Crippen molar-refractivity contribution in [1.82, 2.24) is 10.2 Å². The molecule has 1 aliphatic heterocycles. The second kappa shape index (κ2) is 8.20. The fraction of sp³-hybridized carbons (Fsp3) is 0.556. The first kappa shape index (κ1) is 19.1. The molecule has 1 fully saturated rings. The average molecular weight is 350 g/mol. The summed E-state index contributed by atoms with van der Waals surface area (Å²) in [6.45, 7) is 2.93. The molecule has 138 valence electrons. The number of para-hydroxylation sites is 1. The molecule has 0 radical (unpaired) electrons. The average Bonchev–Trinajstić information content (AvgIpc) is 2.91. The van der Waals surface area contributed by atoms with Gasteiger partial charge in [0.05, 0.1) is 27.4 Å². The summed E-state index contributed by atoms with van der Waals surface area (Å²) in [5.41, 5.74) is -0.0909. The molecule has 0 bridgehead atoms. The highest BCUT2D eigenvalue weighted by Gasteiger charge is 2.47. The highest BCUT2D eigenvalue weighted by molar-refractivity contribution is 5.94. The van der Waals surface area contributed by atoms with Crippen molar-refractivity contribution in [1.29, 1.82) is 0 Å². The molecule has 0 spiro atoms. The number of likely N-dealkylation sites (tertiary alicyclic amines) is 1. The van der Waals surface area contributed by atoms with Crippen LogP contribution in [0, 0.1) is 0 Å². The molecule has 0 unspecified atom stereocenters. The van der Waals surface area contributed by atoms with Crippen LogP contribution in [0.4, 0.5) is 0 Å². The second-order valence-electron chi connectivity index (χ2n) is 6.16. The topological polar surface area (TPSA) is 77.1 Å². The van der Waals surface area contributed by atoms with Crippen LogP contribution in [-0.2, 0) is 20.9 Å². The van der Waals surface area contributed by atoms with Crippen molar-refractivity contribution < 1.29 is 23.8 Å². The molecule has 1 aromatic carbocycles. The molecule has 1 N–H and O–H groups in total. The molecule has 1 aromatic rings. The van der Waals surface area contributed by atoms with Gasteiger partial charge >= 0.3 is 0 Å². The first-order valence-electron chi connectivity index (χ1n) is 8.25. The molecular formula is C18H26N2O5. The molecule has 1 saturated heterocycles. The lowest BCUT2D eigenvalue weighted by Crippen LogP contribution is -2.54. The molecule has 2 amide bonds. The maximum Gasteiger partial charge on any atom is 0.245 e. The normalized spacial score (nSPS) is 19.8. The molecule has 0 aliphatic carbocycles. The van der Waals surface area contributed by atoms with Crippen LogP contribution in [0.2, 0.25) is 0 Å². The lowest BCUT2D eigenvalue weighted by Gasteiger charge is -2.34. The van der Waals surface area contributed by atoms with Gasteiger partial charge in [0, 0.05) is 25.6 Å². The van der Waals surface area contributed by atoms with E-state index in [1.54, 1.807) is 39.2 Å². The van der Waals surface area contributed by atoms with E-state index in [4.69, 9.17) is 14.2 Å². The predicted molar refractivity (Wildman–Crippen MR) is 92.6 cm³/mol. The Hall–Kier alpha value is -2.28. The van der Waals surface area contributed by atoms with Crippen LogP contribution in [0.15, 0.2) is 18.2 Å². The predicted octanol–water partition coefficient (Wildman–Crippen LogP) is 1.35. The minimum atomic E-state index is -0.890. The molecule has 1 atom stereocenters. The Labute approximate surface area is 148 Å². The van der Waals surface area contributed by atoms with E-state index in [0.717, 1.165) is 5.56 Å². The van der Waals surface area contributed by atoms with Crippen molar-refractivity contribution in [2.75, 3.05) is 34.5 Å². The van der Waals surface area contributed by atoms with Crippen LogP contribution >= 0.6 is 0 Å². The van der Waals surface area contributed by atoms with E-state index in [1.165, 1.54) is 0 Å². The zero-order chi connectivity index (χ0) is 18.4. The van der Waals surface area contributed by atoms with Crippen LogP contribution in [0.5, 0.6) is 11.5 Å². The quantitative estimate of drug-likeness (QED) is 0.716. The monoisotopic (exact) mass is 350 g/mol. The van der Waals surface area contributed by atoms with E-state index in [2.05, 4.69) is 5.32 Å². The third kappa shape index (κ3) is 3.87. The van der Waals surface area contributed by atoms with Crippen LogP contribution < -0.4 is 14.8 Å². The van der Waals surface area contributed by atoms with Crippen molar-refractivity contribution >= 4 is 11.8 Å². The number of ether oxygens (including phenoxy) is 3. The van der Waals surface area contributed by atoms with Crippen molar-refractivity contribution in [2.24, 2.45) is 0 Å². The minimum absolute atomic E-state index is 0.0470. The highest BCUT2D eigenvalue weighted by Crippen LogP contribution is 2.36. The SMILES string of the molecule is COCCNC(=O)[C@@]1(C)CCC(=O)N1Cc1cccc(OC)c1OC. The van der Waals surface area contributed by atoms with E-state index in [9.17, 15) is 9.59 Å². The number of nitrogens with zero attached hydrogens (tertiary/aromatic N) is 1. The third-order valence-electron chi connectivity index (χ3n) is 4.62. The van der Waals surface area contributed by atoms with Gasteiger partial charge in [0.2, 0.25) is 11.8 Å². The Morgan fingerprint density at radius 2 is 2.04 bits per heavy atom. The van der Waals surface area contributed by atoms with Gasteiger partial charge in [0.15, 0.2) is 11.5 Å². The lowest BCUT2D eigenvalue weighted by molar-refractivity contribution is -0.141. The summed E-state index contributed by atoms with van der Waals surface area (Å²) < 4.78 is 15.7. The van der Waals surface area contributed by atoms with Crippen molar-refractivity contribution in [3.05, 3.63) is 23.8 Å². The van der Waals surface area contributed by atoms with E-state index in [-0.39, 0.29) is 18.4 Å². The first-order chi connectivity index (χ1) is 12.0. The Kier molecular flexibility index (Phi) is 6.25. The fourth-order valence-corrected chi connectivity index (χ4v) is 3.10. The van der Waals surface area contributed by atoms with E-state index >= 15 is 0 Å². The van der Waals surface area contributed by atoms with Crippen LogP contribution in [0.25, 0.3) is 0 Å². The van der Waals surface area contributed by atoms with Crippen molar-refractivity contribution in [3.8, 4) is 11.5 Å². The zero-order valence-electron chi connectivity index (χ0n) is 15.3. The van der Waals surface area contributed by atoms with Gasteiger partial charge in [-0.3, -0.25) is 9.59 Å². The van der Waals surface area contributed by atoms with Crippen LogP contribution in [0.1, 0.15) is 25.3 Å². The standard InChI is InChI=1S/C18H26N2O5/c1-18(17(22)19-10-11-23-2)9-8-15(21)20(18)12-13-6-5-7-14(24-3)16(13)25-4/h5-7H,8-12H2,1-4H3,(H,19,22)/t18-/m1/s1. The highest BCUT2D eigenvalue weighted by atomic mass is 16.5. The minimum Gasteiger partial charge on any atom is -0.493 e. The molecule has 7 heteroatoms. The maximum atomic E-state index is 12.6. The van der Waals surface area contributed by atoms with Gasteiger partial charge in [0.25, 0.3) is 0 Å². The first-order valence-corrected chi connectivity index (χ1v) is 8.25. The number of methoxy groups -OCH3 is 3. The van der Waals surface area contributed by atoms with E-state index in [0.29, 0.717) is 37.5 Å². The number of rotatable bonds is 8. The van der Waals surface area contributed by atoms with Gasteiger partial charge in [0.1, 0.15) is 5.54 Å². The van der Waals surface area contributed by atoms with Gasteiger partial charge in [-0.05, 0) is 19.4 Å². The third-order valence-corrected chi connectivity index (χ3v) is 4.62. The number of hydrogen-bond donors (Lipinski definition) is 1. The molecule has 25 heavy (non-hydrogen) atoms. The summed E-state index contributed by atoms with van der Waals surface area (Å²) in [6, 6.07) is 5.51. The summed E-state index contributed by atoms with van der Waals surface area (Å²) in [7, 11) is 4.70. The van der Waals surface area contributed by atoms with Gasteiger partial charge < -0.3 is 24.4 Å². The molecule has 0 aromatic heterocycles. The van der Waals surface area contributed by atoms with Gasteiger partial charge in [-0.15, -0.1) is 0 Å². The number of carbonyl (C=O) groups excluding carboxylic acids is 2. The molecule has 1 aliphatic rings. The second-order valence-corrected chi connectivity index (χ2v) is 6.16. The summed E-state index contributed by atoms with van der Waals surface area (Å²) in [5, 5.41) is 2.84. The van der Waals surface area contributed by atoms with Gasteiger partial charge in [-0.25, -0.2) is 0 Å². The summed E-state index contributed by atoms with van der Waals surface area (Å²) in [6.07, 6.45) is 0.831. The lowest BCUT2D eigenvalue weighted by atomic mass is 9.97. The Balaban J connectivity index is 2.24. The largest absolute Gasteiger partial charge is 0.493 e. The van der Waals surface area contributed by atoms with Gasteiger partial charge in [-0.2, -0.15) is 0 Å². The van der Waals surface area contributed by atoms with Crippen molar-refractivity contribution in [2.45, 2.75) is 31.8 Å².